The fourth-order valence-electron chi connectivity index (χ4n) is 2.70. The van der Waals surface area contributed by atoms with E-state index in [1.165, 1.54) is 11.8 Å². The van der Waals surface area contributed by atoms with Crippen molar-refractivity contribution in [2.45, 2.75) is 36.4 Å². The summed E-state index contributed by atoms with van der Waals surface area (Å²) in [7, 11) is -2.96. The van der Waals surface area contributed by atoms with Crippen LogP contribution in [0, 0.1) is 0 Å². The predicted octanol–water partition coefficient (Wildman–Crippen LogP) is 1.35. The number of carbonyl (C=O) groups is 1. The first kappa shape index (κ1) is 14.8. The third-order valence-electron chi connectivity index (χ3n) is 3.81. The third-order valence-corrected chi connectivity index (χ3v) is 6.49. The Balaban J connectivity index is 1.63. The van der Waals surface area contributed by atoms with Crippen LogP contribution in [-0.2, 0) is 14.6 Å². The minimum absolute atomic E-state index is 0.0373. The highest BCUT2D eigenvalue weighted by Gasteiger charge is 2.41. The molecule has 2 fully saturated rings. The molecule has 5 nitrogen and oxygen atoms in total. The van der Waals surface area contributed by atoms with E-state index >= 15 is 0 Å². The number of pyridine rings is 1. The van der Waals surface area contributed by atoms with E-state index in [0.29, 0.717) is 12.2 Å². The van der Waals surface area contributed by atoms with Gasteiger partial charge in [-0.2, -0.15) is 0 Å². The average molecular weight is 326 g/mol. The highest BCUT2D eigenvalue weighted by molar-refractivity contribution is 7.99. The topological polar surface area (TPSA) is 67.3 Å². The molecule has 1 aliphatic heterocycles. The fraction of sp³-hybridized carbons (Fsp3) is 0.571. The molecule has 0 bridgehead atoms. The second-order valence-electron chi connectivity index (χ2n) is 5.55. The van der Waals surface area contributed by atoms with Gasteiger partial charge in [0.25, 0.3) is 0 Å². The SMILES string of the molecule is O=C(CSc1ccccn1)N(C1CC1)[C@H]1CCS(=O)(=O)C1. The molecule has 3 rings (SSSR count). The summed E-state index contributed by atoms with van der Waals surface area (Å²) >= 11 is 1.41. The van der Waals surface area contributed by atoms with Gasteiger partial charge in [0.2, 0.25) is 5.91 Å². The van der Waals surface area contributed by atoms with Crippen molar-refractivity contribution in [3.05, 3.63) is 24.4 Å². The van der Waals surface area contributed by atoms with Crippen LogP contribution in [-0.4, -0.2) is 53.6 Å². The molecular weight excluding hydrogens is 308 g/mol. The van der Waals surface area contributed by atoms with Crippen LogP contribution in [0.5, 0.6) is 0 Å². The molecule has 0 N–H and O–H groups in total. The van der Waals surface area contributed by atoms with Crippen molar-refractivity contribution in [1.82, 2.24) is 9.88 Å². The van der Waals surface area contributed by atoms with Crippen LogP contribution in [0.1, 0.15) is 19.3 Å². The number of hydrogen-bond acceptors (Lipinski definition) is 5. The first-order valence-corrected chi connectivity index (χ1v) is 9.91. The van der Waals surface area contributed by atoms with Gasteiger partial charge in [-0.05, 0) is 31.4 Å². The zero-order chi connectivity index (χ0) is 14.9. The van der Waals surface area contributed by atoms with Gasteiger partial charge < -0.3 is 4.90 Å². The smallest absolute Gasteiger partial charge is 0.233 e. The van der Waals surface area contributed by atoms with Crippen molar-refractivity contribution in [3.8, 4) is 0 Å². The maximum Gasteiger partial charge on any atom is 0.233 e. The van der Waals surface area contributed by atoms with Gasteiger partial charge in [0.15, 0.2) is 9.84 Å². The Labute approximate surface area is 129 Å². The molecule has 1 amide bonds. The summed E-state index contributed by atoms with van der Waals surface area (Å²) in [4.78, 5) is 18.5. The lowest BCUT2D eigenvalue weighted by Gasteiger charge is -2.28. The monoisotopic (exact) mass is 326 g/mol. The number of amides is 1. The molecule has 0 spiro atoms. The number of aromatic nitrogens is 1. The van der Waals surface area contributed by atoms with Gasteiger partial charge in [0, 0.05) is 18.3 Å². The molecule has 1 atom stereocenters. The largest absolute Gasteiger partial charge is 0.335 e. The summed E-state index contributed by atoms with van der Waals surface area (Å²) in [5, 5.41) is 0.820. The van der Waals surface area contributed by atoms with E-state index in [1.807, 2.05) is 23.1 Å². The number of thioether (sulfide) groups is 1. The van der Waals surface area contributed by atoms with Gasteiger partial charge in [0.05, 0.1) is 22.3 Å². The molecule has 2 aliphatic rings. The minimum Gasteiger partial charge on any atom is -0.335 e. The lowest BCUT2D eigenvalue weighted by molar-refractivity contribution is -0.130. The number of carbonyl (C=O) groups excluding carboxylic acids is 1. The molecule has 7 heteroatoms. The quantitative estimate of drug-likeness (QED) is 0.764. The molecule has 0 unspecified atom stereocenters. The van der Waals surface area contributed by atoms with Gasteiger partial charge >= 0.3 is 0 Å². The van der Waals surface area contributed by atoms with Crippen molar-refractivity contribution < 1.29 is 13.2 Å². The Hall–Kier alpha value is -1.08. The van der Waals surface area contributed by atoms with E-state index in [-0.39, 0.29) is 29.5 Å². The highest BCUT2D eigenvalue weighted by Crippen LogP contribution is 2.33. The van der Waals surface area contributed by atoms with Gasteiger partial charge in [-0.1, -0.05) is 17.8 Å². The zero-order valence-electron chi connectivity index (χ0n) is 11.6. The summed E-state index contributed by atoms with van der Waals surface area (Å²) < 4.78 is 23.3. The Morgan fingerprint density at radius 1 is 1.29 bits per heavy atom. The van der Waals surface area contributed by atoms with Crippen LogP contribution in [0.25, 0.3) is 0 Å². The van der Waals surface area contributed by atoms with Crippen molar-refractivity contribution in [2.75, 3.05) is 17.3 Å². The Morgan fingerprint density at radius 2 is 2.10 bits per heavy atom. The van der Waals surface area contributed by atoms with Gasteiger partial charge in [-0.25, -0.2) is 13.4 Å². The van der Waals surface area contributed by atoms with Crippen molar-refractivity contribution in [2.24, 2.45) is 0 Å². The van der Waals surface area contributed by atoms with Gasteiger partial charge in [0.1, 0.15) is 0 Å². The van der Waals surface area contributed by atoms with Crippen LogP contribution in [0.3, 0.4) is 0 Å². The molecule has 1 aromatic rings. The number of hydrogen-bond donors (Lipinski definition) is 0. The highest BCUT2D eigenvalue weighted by atomic mass is 32.2. The average Bonchev–Trinajstić information content (AvgIpc) is 3.22. The molecule has 2 heterocycles. The standard InChI is InChI=1S/C14H18N2O3S2/c17-14(9-20-13-3-1-2-7-15-13)16(11-4-5-11)12-6-8-21(18,19)10-12/h1-3,7,11-12H,4-6,8-10H2/t12-/m0/s1. The zero-order valence-corrected chi connectivity index (χ0v) is 13.3. The summed E-state index contributed by atoms with van der Waals surface area (Å²) in [6.45, 7) is 0. The third kappa shape index (κ3) is 3.77. The summed E-state index contributed by atoms with van der Waals surface area (Å²) in [6, 6.07) is 5.73. The summed E-state index contributed by atoms with van der Waals surface area (Å²) in [6.07, 6.45) is 4.28. The van der Waals surface area contributed by atoms with E-state index in [1.54, 1.807) is 6.20 Å². The molecule has 21 heavy (non-hydrogen) atoms. The van der Waals surface area contributed by atoms with E-state index in [4.69, 9.17) is 0 Å². The number of sulfone groups is 1. The van der Waals surface area contributed by atoms with Crippen molar-refractivity contribution in [3.63, 3.8) is 0 Å². The second-order valence-corrected chi connectivity index (χ2v) is 8.77. The van der Waals surface area contributed by atoms with Crippen LogP contribution in [0.2, 0.25) is 0 Å². The Kier molecular flexibility index (Phi) is 4.21. The molecular formula is C14H18N2O3S2. The minimum atomic E-state index is -2.96. The van der Waals surface area contributed by atoms with Crippen molar-refractivity contribution >= 4 is 27.5 Å². The molecule has 0 aromatic carbocycles. The second kappa shape index (κ2) is 5.96. The molecule has 114 valence electrons. The van der Waals surface area contributed by atoms with Gasteiger partial charge in [-0.3, -0.25) is 4.79 Å². The molecule has 1 saturated carbocycles. The van der Waals surface area contributed by atoms with E-state index in [2.05, 4.69) is 4.98 Å². The number of rotatable bonds is 5. The first-order valence-electron chi connectivity index (χ1n) is 7.10. The lowest BCUT2D eigenvalue weighted by atomic mass is 10.2. The van der Waals surface area contributed by atoms with Crippen molar-refractivity contribution in [1.29, 1.82) is 0 Å². The summed E-state index contributed by atoms with van der Waals surface area (Å²) in [5.74, 6) is 0.699. The molecule has 0 radical (unpaired) electrons. The maximum atomic E-state index is 12.5. The maximum absolute atomic E-state index is 12.5. The Bertz CT molecular complexity index is 614. The van der Waals surface area contributed by atoms with Crippen LogP contribution in [0.4, 0.5) is 0 Å². The molecule has 1 saturated heterocycles. The van der Waals surface area contributed by atoms with Crippen LogP contribution < -0.4 is 0 Å². The predicted molar refractivity (Wildman–Crippen MR) is 81.9 cm³/mol. The Morgan fingerprint density at radius 3 is 2.67 bits per heavy atom. The fourth-order valence-corrected chi connectivity index (χ4v) is 5.14. The van der Waals surface area contributed by atoms with Gasteiger partial charge in [-0.15, -0.1) is 0 Å². The van der Waals surface area contributed by atoms with E-state index < -0.39 is 9.84 Å². The number of nitrogens with zero attached hydrogens (tertiary/aromatic N) is 2. The van der Waals surface area contributed by atoms with E-state index in [0.717, 1.165) is 17.9 Å². The normalized spacial score (nSPS) is 23.9. The first-order chi connectivity index (χ1) is 10.1. The molecule has 1 aliphatic carbocycles. The van der Waals surface area contributed by atoms with E-state index in [9.17, 15) is 13.2 Å². The summed E-state index contributed by atoms with van der Waals surface area (Å²) in [5.41, 5.74) is 0. The van der Waals surface area contributed by atoms with Crippen LogP contribution in [0.15, 0.2) is 29.4 Å². The lowest BCUT2D eigenvalue weighted by Crippen LogP contribution is -2.43. The molecule has 1 aromatic heterocycles. The van der Waals surface area contributed by atoms with Crippen LogP contribution >= 0.6 is 11.8 Å².